The Kier molecular flexibility index (Phi) is 12.3. The SMILES string of the molecule is CCNC(=NCC1CCCN(CC(C)C)C1)NC1CCN(C(C)c2ccccc2)CC1.I. The van der Waals surface area contributed by atoms with Gasteiger partial charge in [-0.2, -0.15) is 0 Å². The summed E-state index contributed by atoms with van der Waals surface area (Å²) in [6, 6.07) is 11.9. The highest BCUT2D eigenvalue weighted by molar-refractivity contribution is 14.0. The first-order chi connectivity index (χ1) is 15.0. The van der Waals surface area contributed by atoms with E-state index < -0.39 is 0 Å². The van der Waals surface area contributed by atoms with E-state index in [4.69, 9.17) is 4.99 Å². The molecule has 182 valence electrons. The lowest BCUT2D eigenvalue weighted by Gasteiger charge is -2.37. The molecule has 0 aliphatic carbocycles. The molecule has 0 bridgehead atoms. The number of hydrogen-bond acceptors (Lipinski definition) is 3. The molecular formula is C26H46IN5. The third-order valence-electron chi connectivity index (χ3n) is 6.78. The minimum Gasteiger partial charge on any atom is -0.357 e. The summed E-state index contributed by atoms with van der Waals surface area (Å²) in [4.78, 5) is 10.3. The Bertz CT molecular complexity index is 657. The van der Waals surface area contributed by atoms with Gasteiger partial charge in [-0.1, -0.05) is 44.2 Å². The number of rotatable bonds is 8. The first-order valence-electron chi connectivity index (χ1n) is 12.6. The van der Waals surface area contributed by atoms with Gasteiger partial charge in [-0.3, -0.25) is 9.89 Å². The summed E-state index contributed by atoms with van der Waals surface area (Å²) < 4.78 is 0. The highest BCUT2D eigenvalue weighted by atomic mass is 127. The van der Waals surface area contributed by atoms with Crippen LogP contribution in [0.2, 0.25) is 0 Å². The van der Waals surface area contributed by atoms with Crippen LogP contribution in [-0.2, 0) is 0 Å². The van der Waals surface area contributed by atoms with Crippen molar-refractivity contribution in [1.29, 1.82) is 0 Å². The predicted molar refractivity (Wildman–Crippen MR) is 148 cm³/mol. The Balaban J connectivity index is 0.00000363. The average Bonchev–Trinajstić information content (AvgIpc) is 2.78. The number of nitrogens with one attached hydrogen (secondary N) is 2. The molecule has 2 aliphatic rings. The molecule has 0 spiro atoms. The van der Waals surface area contributed by atoms with Crippen molar-refractivity contribution in [1.82, 2.24) is 20.4 Å². The van der Waals surface area contributed by atoms with Gasteiger partial charge >= 0.3 is 0 Å². The Morgan fingerprint density at radius 1 is 1.06 bits per heavy atom. The van der Waals surface area contributed by atoms with Crippen LogP contribution < -0.4 is 10.6 Å². The van der Waals surface area contributed by atoms with Gasteiger partial charge in [-0.25, -0.2) is 0 Å². The molecule has 6 heteroatoms. The molecule has 2 fully saturated rings. The second-order valence-electron chi connectivity index (χ2n) is 9.92. The third-order valence-corrected chi connectivity index (χ3v) is 6.78. The van der Waals surface area contributed by atoms with Crippen LogP contribution in [0.1, 0.15) is 65.0 Å². The third kappa shape index (κ3) is 8.82. The van der Waals surface area contributed by atoms with Crippen LogP contribution in [0.5, 0.6) is 0 Å². The van der Waals surface area contributed by atoms with E-state index in [9.17, 15) is 0 Å². The molecule has 5 nitrogen and oxygen atoms in total. The Hall–Kier alpha value is -0.860. The Labute approximate surface area is 213 Å². The van der Waals surface area contributed by atoms with Crippen LogP contribution in [-0.4, -0.2) is 67.6 Å². The maximum Gasteiger partial charge on any atom is 0.191 e. The highest BCUT2D eigenvalue weighted by Crippen LogP contribution is 2.24. The first kappa shape index (κ1) is 27.4. The molecule has 32 heavy (non-hydrogen) atoms. The highest BCUT2D eigenvalue weighted by Gasteiger charge is 2.24. The fourth-order valence-corrected chi connectivity index (χ4v) is 5.09. The lowest BCUT2D eigenvalue weighted by Crippen LogP contribution is -2.49. The maximum absolute atomic E-state index is 5.00. The van der Waals surface area contributed by atoms with E-state index in [-0.39, 0.29) is 24.0 Å². The molecule has 2 saturated heterocycles. The van der Waals surface area contributed by atoms with Crippen molar-refractivity contribution < 1.29 is 0 Å². The average molecular weight is 556 g/mol. The zero-order valence-electron chi connectivity index (χ0n) is 20.7. The molecule has 0 saturated carbocycles. The van der Waals surface area contributed by atoms with Crippen molar-refractivity contribution in [2.75, 3.05) is 45.8 Å². The van der Waals surface area contributed by atoms with E-state index in [2.05, 4.69) is 78.5 Å². The molecule has 2 N–H and O–H groups in total. The van der Waals surface area contributed by atoms with Gasteiger partial charge in [0.15, 0.2) is 5.96 Å². The number of hydrogen-bond donors (Lipinski definition) is 2. The molecule has 1 aromatic carbocycles. The van der Waals surface area contributed by atoms with Crippen molar-refractivity contribution in [3.05, 3.63) is 35.9 Å². The summed E-state index contributed by atoms with van der Waals surface area (Å²) in [6.07, 6.45) is 4.97. The van der Waals surface area contributed by atoms with Gasteiger partial charge in [-0.15, -0.1) is 24.0 Å². The Morgan fingerprint density at radius 3 is 2.44 bits per heavy atom. The fourth-order valence-electron chi connectivity index (χ4n) is 5.09. The summed E-state index contributed by atoms with van der Waals surface area (Å²) in [5, 5.41) is 7.22. The monoisotopic (exact) mass is 555 g/mol. The smallest absolute Gasteiger partial charge is 0.191 e. The van der Waals surface area contributed by atoms with Gasteiger partial charge in [0.1, 0.15) is 0 Å². The Morgan fingerprint density at radius 2 is 1.78 bits per heavy atom. The van der Waals surface area contributed by atoms with Crippen molar-refractivity contribution in [3.8, 4) is 0 Å². The summed E-state index contributed by atoms with van der Waals surface area (Å²) >= 11 is 0. The molecule has 2 heterocycles. The van der Waals surface area contributed by atoms with E-state index in [1.807, 2.05) is 0 Å². The van der Waals surface area contributed by atoms with Crippen LogP contribution in [0.25, 0.3) is 0 Å². The van der Waals surface area contributed by atoms with Gasteiger partial charge in [0.25, 0.3) is 0 Å². The number of guanidine groups is 1. The van der Waals surface area contributed by atoms with Crippen LogP contribution >= 0.6 is 24.0 Å². The summed E-state index contributed by atoms with van der Waals surface area (Å²) in [5.41, 5.74) is 1.42. The topological polar surface area (TPSA) is 42.9 Å². The molecule has 0 radical (unpaired) electrons. The van der Waals surface area contributed by atoms with E-state index in [1.54, 1.807) is 0 Å². The van der Waals surface area contributed by atoms with Crippen molar-refractivity contribution in [2.24, 2.45) is 16.8 Å². The molecule has 0 aromatic heterocycles. The molecule has 2 unspecified atom stereocenters. The van der Waals surface area contributed by atoms with Gasteiger partial charge in [0.05, 0.1) is 0 Å². The second kappa shape index (κ2) is 14.4. The van der Waals surface area contributed by atoms with E-state index in [0.717, 1.165) is 38.1 Å². The fraction of sp³-hybridized carbons (Fsp3) is 0.731. The summed E-state index contributed by atoms with van der Waals surface area (Å²) in [6.45, 7) is 17.0. The molecule has 0 amide bonds. The van der Waals surface area contributed by atoms with Crippen molar-refractivity contribution in [2.45, 2.75) is 65.5 Å². The lowest BCUT2D eigenvalue weighted by molar-refractivity contribution is 0.157. The number of benzene rings is 1. The van der Waals surface area contributed by atoms with Crippen molar-refractivity contribution in [3.63, 3.8) is 0 Å². The van der Waals surface area contributed by atoms with Gasteiger partial charge in [0.2, 0.25) is 0 Å². The number of aliphatic imine (C=N–C) groups is 1. The van der Waals surface area contributed by atoms with Gasteiger partial charge < -0.3 is 15.5 Å². The standard InChI is InChI=1S/C26H45N5.HI/c1-5-27-26(28-18-23-10-9-15-30(20-23)19-21(2)3)29-25-13-16-31(17-14-25)22(4)24-11-7-6-8-12-24;/h6-8,11-12,21-23,25H,5,9-10,13-20H2,1-4H3,(H2,27,28,29);1H. The maximum atomic E-state index is 5.00. The molecule has 1 aromatic rings. The van der Waals surface area contributed by atoms with E-state index in [0.29, 0.717) is 18.0 Å². The van der Waals surface area contributed by atoms with Crippen LogP contribution in [0, 0.1) is 11.8 Å². The molecular weight excluding hydrogens is 509 g/mol. The number of piperidine rings is 2. The number of halogens is 1. The van der Waals surface area contributed by atoms with E-state index >= 15 is 0 Å². The quantitative estimate of drug-likeness (QED) is 0.276. The van der Waals surface area contributed by atoms with E-state index in [1.165, 1.54) is 50.9 Å². The van der Waals surface area contributed by atoms with Crippen molar-refractivity contribution >= 4 is 29.9 Å². The summed E-state index contributed by atoms with van der Waals surface area (Å²) in [7, 11) is 0. The van der Waals surface area contributed by atoms with Gasteiger partial charge in [-0.05, 0) is 63.5 Å². The zero-order chi connectivity index (χ0) is 22.1. The van der Waals surface area contributed by atoms with Crippen LogP contribution in [0.15, 0.2) is 35.3 Å². The largest absolute Gasteiger partial charge is 0.357 e. The molecule has 3 rings (SSSR count). The zero-order valence-corrected chi connectivity index (χ0v) is 23.1. The molecule has 2 aliphatic heterocycles. The van der Waals surface area contributed by atoms with Crippen LogP contribution in [0.4, 0.5) is 0 Å². The van der Waals surface area contributed by atoms with Crippen LogP contribution in [0.3, 0.4) is 0 Å². The molecule has 2 atom stereocenters. The number of nitrogens with zero attached hydrogens (tertiary/aromatic N) is 3. The van der Waals surface area contributed by atoms with Gasteiger partial charge in [0, 0.05) is 51.4 Å². The predicted octanol–water partition coefficient (Wildman–Crippen LogP) is 4.75. The minimum atomic E-state index is 0. The minimum absolute atomic E-state index is 0. The lowest BCUT2D eigenvalue weighted by atomic mass is 9.97. The summed E-state index contributed by atoms with van der Waals surface area (Å²) in [5.74, 6) is 2.45. The first-order valence-corrected chi connectivity index (χ1v) is 12.6. The normalized spacial score (nSPS) is 22.4. The second-order valence-corrected chi connectivity index (χ2v) is 9.92. The number of likely N-dealkylation sites (tertiary alicyclic amines) is 2.